The number of hydrogen-bond donors (Lipinski definition) is 0. The average molecular weight is 328 g/mol. The molecule has 0 saturated heterocycles. The minimum atomic E-state index is 0.861. The van der Waals surface area contributed by atoms with E-state index in [2.05, 4.69) is 79.3 Å². The number of benzene rings is 2. The van der Waals surface area contributed by atoms with E-state index < -0.39 is 0 Å². The van der Waals surface area contributed by atoms with Gasteiger partial charge in [0.25, 0.3) is 0 Å². The van der Waals surface area contributed by atoms with Crippen LogP contribution in [0.4, 0.5) is 11.4 Å². The quantitative estimate of drug-likeness (QED) is 0.838. The third-order valence-corrected chi connectivity index (χ3v) is 4.31. The fraction of sp³-hybridized carbons (Fsp3) is 0.188. The maximum Gasteiger partial charge on any atom is 0.206 e. The number of halogens is 1. The van der Waals surface area contributed by atoms with Gasteiger partial charge in [0, 0.05) is 11.0 Å². The molecule has 0 bridgehead atoms. The molecular formula is C16H14BrN3. The second-order valence-electron chi connectivity index (χ2n) is 5.03. The summed E-state index contributed by atoms with van der Waals surface area (Å²) in [7, 11) is 0. The molecule has 0 fully saturated rings. The Morgan fingerprint density at radius 1 is 1.00 bits per heavy atom. The van der Waals surface area contributed by atoms with E-state index >= 15 is 0 Å². The first kappa shape index (κ1) is 12.0. The predicted octanol–water partition coefficient (Wildman–Crippen LogP) is 3.65. The normalized spacial score (nSPS) is 16.1. The van der Waals surface area contributed by atoms with Crippen LogP contribution in [0.25, 0.3) is 0 Å². The average Bonchev–Trinajstić information content (AvgIpc) is 3.05. The van der Waals surface area contributed by atoms with Gasteiger partial charge in [-0.3, -0.25) is 4.99 Å². The number of fused-ring (bicyclic) bond motifs is 3. The first-order valence-electron chi connectivity index (χ1n) is 6.76. The Bertz CT molecular complexity index is 678. The van der Waals surface area contributed by atoms with Gasteiger partial charge in [0.2, 0.25) is 5.96 Å². The second kappa shape index (κ2) is 4.63. The molecule has 0 aromatic heterocycles. The highest BCUT2D eigenvalue weighted by atomic mass is 79.9. The Hall–Kier alpha value is -1.81. The fourth-order valence-corrected chi connectivity index (χ4v) is 3.12. The molecule has 0 amide bonds. The summed E-state index contributed by atoms with van der Waals surface area (Å²) in [5.41, 5.74) is 3.83. The lowest BCUT2D eigenvalue weighted by molar-refractivity contribution is 1.01. The number of aliphatic imine (C=N–C) groups is 1. The van der Waals surface area contributed by atoms with Gasteiger partial charge in [-0.2, -0.15) is 0 Å². The van der Waals surface area contributed by atoms with E-state index in [4.69, 9.17) is 0 Å². The molecule has 20 heavy (non-hydrogen) atoms. The standard InChI is InChI=1S/C16H14BrN3/c17-13-7-5-12(6-8-13)11-20-15-4-2-1-3-14(15)19-10-9-18-16(19)20/h1-8H,9-11H2. The van der Waals surface area contributed by atoms with Crippen LogP contribution in [0.5, 0.6) is 0 Å². The summed E-state index contributed by atoms with van der Waals surface area (Å²) in [5, 5.41) is 0. The van der Waals surface area contributed by atoms with Crippen LogP contribution in [0.2, 0.25) is 0 Å². The van der Waals surface area contributed by atoms with Crippen molar-refractivity contribution in [2.45, 2.75) is 6.54 Å². The number of rotatable bonds is 2. The Morgan fingerprint density at radius 2 is 1.75 bits per heavy atom. The maximum absolute atomic E-state index is 4.67. The van der Waals surface area contributed by atoms with Crippen molar-refractivity contribution in [2.24, 2.45) is 4.99 Å². The van der Waals surface area contributed by atoms with E-state index in [1.807, 2.05) is 0 Å². The largest absolute Gasteiger partial charge is 0.308 e. The van der Waals surface area contributed by atoms with E-state index in [1.54, 1.807) is 0 Å². The van der Waals surface area contributed by atoms with Crippen LogP contribution >= 0.6 is 15.9 Å². The zero-order valence-corrected chi connectivity index (χ0v) is 12.5. The molecule has 0 radical (unpaired) electrons. The highest BCUT2D eigenvalue weighted by Crippen LogP contribution is 2.39. The van der Waals surface area contributed by atoms with Crippen molar-refractivity contribution in [3.05, 3.63) is 58.6 Å². The maximum atomic E-state index is 4.67. The van der Waals surface area contributed by atoms with Gasteiger partial charge < -0.3 is 9.80 Å². The Kier molecular flexibility index (Phi) is 2.77. The lowest BCUT2D eigenvalue weighted by atomic mass is 10.2. The lowest BCUT2D eigenvalue weighted by Gasteiger charge is -2.19. The molecule has 4 heteroatoms. The molecule has 2 heterocycles. The molecule has 0 N–H and O–H groups in total. The molecule has 0 saturated carbocycles. The van der Waals surface area contributed by atoms with E-state index in [0.29, 0.717) is 0 Å². The number of guanidine groups is 1. The molecule has 0 atom stereocenters. The van der Waals surface area contributed by atoms with Gasteiger partial charge >= 0.3 is 0 Å². The summed E-state index contributed by atoms with van der Waals surface area (Å²) in [6.07, 6.45) is 0. The van der Waals surface area contributed by atoms with Gasteiger partial charge in [-0.25, -0.2) is 0 Å². The van der Waals surface area contributed by atoms with Crippen molar-refractivity contribution in [3.8, 4) is 0 Å². The van der Waals surface area contributed by atoms with Crippen LogP contribution in [0, 0.1) is 0 Å². The summed E-state index contributed by atoms with van der Waals surface area (Å²) in [6.45, 7) is 2.74. The van der Waals surface area contributed by atoms with Crippen LogP contribution in [0.3, 0.4) is 0 Å². The lowest BCUT2D eigenvalue weighted by Crippen LogP contribution is -2.34. The van der Waals surface area contributed by atoms with Gasteiger partial charge in [0.05, 0.1) is 24.5 Å². The summed E-state index contributed by atoms with van der Waals surface area (Å²) in [6, 6.07) is 17.0. The molecule has 0 aliphatic carbocycles. The van der Waals surface area contributed by atoms with Gasteiger partial charge in [0.15, 0.2) is 0 Å². The Labute approximate surface area is 126 Å². The zero-order valence-electron chi connectivity index (χ0n) is 11.0. The van der Waals surface area contributed by atoms with Crippen LogP contribution in [-0.2, 0) is 6.54 Å². The third-order valence-electron chi connectivity index (χ3n) is 3.78. The van der Waals surface area contributed by atoms with Crippen molar-refractivity contribution in [2.75, 3.05) is 22.9 Å². The highest BCUT2D eigenvalue weighted by Gasteiger charge is 2.34. The zero-order chi connectivity index (χ0) is 13.5. The van der Waals surface area contributed by atoms with Crippen LogP contribution in [0.15, 0.2) is 58.0 Å². The molecule has 2 aromatic carbocycles. The summed E-state index contributed by atoms with van der Waals surface area (Å²) in [5.74, 6) is 1.09. The van der Waals surface area contributed by atoms with Crippen molar-refractivity contribution >= 4 is 33.3 Å². The summed E-state index contributed by atoms with van der Waals surface area (Å²) >= 11 is 3.48. The SMILES string of the molecule is Brc1ccc(CN2C3=NCCN3c3ccccc32)cc1. The number of anilines is 2. The molecule has 2 aliphatic heterocycles. The first-order valence-corrected chi connectivity index (χ1v) is 7.55. The topological polar surface area (TPSA) is 18.8 Å². The minimum absolute atomic E-state index is 0.861. The van der Waals surface area contributed by atoms with Crippen molar-refractivity contribution in [1.29, 1.82) is 0 Å². The van der Waals surface area contributed by atoms with E-state index in [0.717, 1.165) is 30.1 Å². The first-order chi connectivity index (χ1) is 9.83. The molecule has 0 spiro atoms. The molecule has 2 aliphatic rings. The Balaban J connectivity index is 1.72. The molecule has 4 rings (SSSR count). The van der Waals surface area contributed by atoms with E-state index in [1.165, 1.54) is 16.9 Å². The molecule has 3 nitrogen and oxygen atoms in total. The summed E-state index contributed by atoms with van der Waals surface area (Å²) < 4.78 is 1.11. The van der Waals surface area contributed by atoms with Crippen molar-refractivity contribution in [3.63, 3.8) is 0 Å². The molecule has 2 aromatic rings. The predicted molar refractivity (Wildman–Crippen MR) is 86.4 cm³/mol. The van der Waals surface area contributed by atoms with Crippen molar-refractivity contribution < 1.29 is 0 Å². The van der Waals surface area contributed by atoms with Gasteiger partial charge in [-0.15, -0.1) is 0 Å². The van der Waals surface area contributed by atoms with Gasteiger partial charge in [-0.05, 0) is 29.8 Å². The number of hydrogen-bond acceptors (Lipinski definition) is 3. The summed E-state index contributed by atoms with van der Waals surface area (Å²) in [4.78, 5) is 9.29. The molecular weight excluding hydrogens is 314 g/mol. The monoisotopic (exact) mass is 327 g/mol. The third kappa shape index (κ3) is 1.83. The fourth-order valence-electron chi connectivity index (χ4n) is 2.85. The Morgan fingerprint density at radius 3 is 2.55 bits per heavy atom. The highest BCUT2D eigenvalue weighted by molar-refractivity contribution is 9.10. The number of para-hydroxylation sites is 2. The van der Waals surface area contributed by atoms with Gasteiger partial charge in [0.1, 0.15) is 0 Å². The van der Waals surface area contributed by atoms with Crippen LogP contribution < -0.4 is 9.80 Å². The molecule has 0 unspecified atom stereocenters. The van der Waals surface area contributed by atoms with E-state index in [9.17, 15) is 0 Å². The smallest absolute Gasteiger partial charge is 0.206 e. The van der Waals surface area contributed by atoms with Crippen LogP contribution in [0.1, 0.15) is 5.56 Å². The number of nitrogens with zero attached hydrogens (tertiary/aromatic N) is 3. The van der Waals surface area contributed by atoms with Crippen molar-refractivity contribution in [1.82, 2.24) is 0 Å². The van der Waals surface area contributed by atoms with Crippen LogP contribution in [-0.4, -0.2) is 19.0 Å². The second-order valence-corrected chi connectivity index (χ2v) is 5.95. The molecule has 100 valence electrons. The van der Waals surface area contributed by atoms with E-state index in [-0.39, 0.29) is 0 Å². The minimum Gasteiger partial charge on any atom is -0.308 e. The van der Waals surface area contributed by atoms with Gasteiger partial charge in [-0.1, -0.05) is 40.2 Å².